The van der Waals surface area contributed by atoms with Gasteiger partial charge in [0.2, 0.25) is 0 Å². The molecule has 0 aliphatic rings. The van der Waals surface area contributed by atoms with Crippen molar-refractivity contribution in [2.24, 2.45) is 0 Å². The van der Waals surface area contributed by atoms with Crippen molar-refractivity contribution in [3.05, 3.63) is 53.7 Å². The van der Waals surface area contributed by atoms with E-state index in [9.17, 15) is 9.90 Å². The molecular weight excluding hydrogens is 302 g/mol. The Balaban J connectivity index is 2.30. The summed E-state index contributed by atoms with van der Waals surface area (Å²) in [6.07, 6.45) is 1.83. The molecule has 0 bridgehead atoms. The van der Waals surface area contributed by atoms with E-state index in [0.29, 0.717) is 5.65 Å². The number of anilines is 1. The van der Waals surface area contributed by atoms with Crippen LogP contribution < -0.4 is 5.32 Å². The number of aromatic carboxylic acids is 1. The lowest BCUT2D eigenvalue weighted by molar-refractivity contribution is 0.0698. The zero-order valence-electron chi connectivity index (χ0n) is 14.3. The molecule has 0 fully saturated rings. The van der Waals surface area contributed by atoms with Gasteiger partial charge in [0.15, 0.2) is 5.65 Å². The molecular formula is C19H21N3O2. The van der Waals surface area contributed by atoms with Gasteiger partial charge in [-0.25, -0.2) is 9.78 Å². The Labute approximate surface area is 141 Å². The average Bonchev–Trinajstić information content (AvgIpc) is 2.85. The van der Waals surface area contributed by atoms with Gasteiger partial charge < -0.3 is 10.4 Å². The van der Waals surface area contributed by atoms with E-state index in [1.807, 2.05) is 41.8 Å². The number of fused-ring (bicyclic) bond motifs is 1. The van der Waals surface area contributed by atoms with Crippen molar-refractivity contribution >= 4 is 17.4 Å². The van der Waals surface area contributed by atoms with Gasteiger partial charge in [-0.05, 0) is 39.8 Å². The summed E-state index contributed by atoms with van der Waals surface area (Å²) < 4.78 is 1.81. The van der Waals surface area contributed by atoms with Crippen molar-refractivity contribution in [3.63, 3.8) is 0 Å². The van der Waals surface area contributed by atoms with Gasteiger partial charge in [-0.2, -0.15) is 0 Å². The number of rotatable bonds is 3. The Hall–Kier alpha value is -2.82. The monoisotopic (exact) mass is 323 g/mol. The summed E-state index contributed by atoms with van der Waals surface area (Å²) in [6, 6.07) is 11.4. The second-order valence-electron chi connectivity index (χ2n) is 6.97. The summed E-state index contributed by atoms with van der Waals surface area (Å²) in [7, 11) is 0. The molecule has 5 heteroatoms. The van der Waals surface area contributed by atoms with E-state index in [-0.39, 0.29) is 11.1 Å². The van der Waals surface area contributed by atoms with Gasteiger partial charge in [-0.1, -0.05) is 29.8 Å². The summed E-state index contributed by atoms with van der Waals surface area (Å²) in [5.41, 5.74) is 3.31. The van der Waals surface area contributed by atoms with E-state index in [1.54, 1.807) is 12.1 Å². The molecule has 0 saturated carbocycles. The zero-order chi connectivity index (χ0) is 17.5. The maximum atomic E-state index is 11.5. The second-order valence-corrected chi connectivity index (χ2v) is 6.97. The fourth-order valence-electron chi connectivity index (χ4n) is 2.62. The lowest BCUT2D eigenvalue weighted by Gasteiger charge is -2.22. The number of aromatic nitrogens is 2. The van der Waals surface area contributed by atoms with Crippen LogP contribution in [0, 0.1) is 6.92 Å². The highest BCUT2D eigenvalue weighted by Crippen LogP contribution is 2.32. The number of carboxylic acids is 1. The number of carboxylic acid groups (broad SMARTS) is 1. The molecule has 0 aliphatic carbocycles. The first-order chi connectivity index (χ1) is 11.3. The molecule has 24 heavy (non-hydrogen) atoms. The molecule has 2 N–H and O–H groups in total. The first kappa shape index (κ1) is 16.1. The summed E-state index contributed by atoms with van der Waals surface area (Å²) in [4.78, 5) is 16.2. The fourth-order valence-corrected chi connectivity index (χ4v) is 2.62. The van der Waals surface area contributed by atoms with E-state index >= 15 is 0 Å². The Morgan fingerprint density at radius 2 is 1.83 bits per heavy atom. The topological polar surface area (TPSA) is 66.6 Å². The van der Waals surface area contributed by atoms with Crippen molar-refractivity contribution in [1.29, 1.82) is 0 Å². The predicted octanol–water partition coefficient (Wildman–Crippen LogP) is 4.22. The third kappa shape index (κ3) is 2.97. The SMILES string of the molecule is Cc1ccc(-c2nc3c(C(=O)O)cccn3c2NC(C)(C)C)cc1. The van der Waals surface area contributed by atoms with Gasteiger partial charge >= 0.3 is 5.97 Å². The molecule has 0 saturated heterocycles. The minimum atomic E-state index is -0.983. The molecule has 124 valence electrons. The molecule has 0 amide bonds. The maximum Gasteiger partial charge on any atom is 0.339 e. The third-order valence-corrected chi connectivity index (χ3v) is 3.70. The molecule has 5 nitrogen and oxygen atoms in total. The molecule has 0 unspecified atom stereocenters. The van der Waals surface area contributed by atoms with Crippen LogP contribution in [-0.2, 0) is 0 Å². The molecule has 2 aromatic heterocycles. The van der Waals surface area contributed by atoms with Gasteiger partial charge in [0.05, 0.1) is 0 Å². The molecule has 3 aromatic rings. The van der Waals surface area contributed by atoms with Gasteiger partial charge in [-0.3, -0.25) is 4.40 Å². The summed E-state index contributed by atoms with van der Waals surface area (Å²) >= 11 is 0. The van der Waals surface area contributed by atoms with Crippen LogP contribution in [0.1, 0.15) is 36.7 Å². The number of carbonyl (C=O) groups is 1. The highest BCUT2D eigenvalue weighted by molar-refractivity contribution is 5.96. The van der Waals surface area contributed by atoms with Crippen LogP contribution in [0.4, 0.5) is 5.82 Å². The number of nitrogens with zero attached hydrogens (tertiary/aromatic N) is 2. The Morgan fingerprint density at radius 1 is 1.17 bits per heavy atom. The average molecular weight is 323 g/mol. The largest absolute Gasteiger partial charge is 0.478 e. The molecule has 0 radical (unpaired) electrons. The number of pyridine rings is 1. The van der Waals surface area contributed by atoms with Crippen LogP contribution in [-0.4, -0.2) is 26.0 Å². The molecule has 3 rings (SSSR count). The van der Waals surface area contributed by atoms with Crippen molar-refractivity contribution < 1.29 is 9.90 Å². The highest BCUT2D eigenvalue weighted by Gasteiger charge is 2.22. The van der Waals surface area contributed by atoms with E-state index in [1.165, 1.54) is 5.56 Å². The van der Waals surface area contributed by atoms with Crippen molar-refractivity contribution in [3.8, 4) is 11.3 Å². The van der Waals surface area contributed by atoms with Gasteiger partial charge in [0, 0.05) is 17.3 Å². The van der Waals surface area contributed by atoms with Crippen molar-refractivity contribution in [1.82, 2.24) is 9.38 Å². The zero-order valence-corrected chi connectivity index (χ0v) is 14.3. The van der Waals surface area contributed by atoms with Crippen LogP contribution >= 0.6 is 0 Å². The normalized spacial score (nSPS) is 11.7. The van der Waals surface area contributed by atoms with Crippen LogP contribution in [0.5, 0.6) is 0 Å². The number of hydrogen-bond acceptors (Lipinski definition) is 3. The van der Waals surface area contributed by atoms with E-state index in [0.717, 1.165) is 17.1 Å². The number of aryl methyl sites for hydroxylation is 1. The minimum absolute atomic E-state index is 0.186. The standard InChI is InChI=1S/C19H21N3O2/c1-12-7-9-13(10-8-12)15-17(21-19(2,3)4)22-11-5-6-14(18(23)24)16(22)20-15/h5-11,21H,1-4H3,(H,23,24). The maximum absolute atomic E-state index is 11.5. The fraction of sp³-hybridized carbons (Fsp3) is 0.263. The van der Waals surface area contributed by atoms with Gasteiger partial charge in [0.25, 0.3) is 0 Å². The van der Waals surface area contributed by atoms with Crippen molar-refractivity contribution in [2.75, 3.05) is 5.32 Å². The van der Waals surface area contributed by atoms with E-state index in [4.69, 9.17) is 0 Å². The Morgan fingerprint density at radius 3 is 2.42 bits per heavy atom. The number of hydrogen-bond donors (Lipinski definition) is 2. The lowest BCUT2D eigenvalue weighted by atomic mass is 10.1. The molecule has 0 spiro atoms. The lowest BCUT2D eigenvalue weighted by Crippen LogP contribution is -2.27. The number of benzene rings is 1. The molecule has 0 aliphatic heterocycles. The summed E-state index contributed by atoms with van der Waals surface area (Å²) in [6.45, 7) is 8.22. The Bertz CT molecular complexity index is 903. The molecule has 0 atom stereocenters. The number of imidazole rings is 1. The summed E-state index contributed by atoms with van der Waals surface area (Å²) in [5, 5.41) is 12.9. The molecule has 1 aromatic carbocycles. The second kappa shape index (κ2) is 5.67. The minimum Gasteiger partial charge on any atom is -0.478 e. The van der Waals surface area contributed by atoms with Crippen molar-refractivity contribution in [2.45, 2.75) is 33.2 Å². The van der Waals surface area contributed by atoms with E-state index < -0.39 is 5.97 Å². The smallest absolute Gasteiger partial charge is 0.339 e. The van der Waals surface area contributed by atoms with Crippen LogP contribution in [0.25, 0.3) is 16.9 Å². The Kier molecular flexibility index (Phi) is 3.79. The first-order valence-electron chi connectivity index (χ1n) is 7.86. The highest BCUT2D eigenvalue weighted by atomic mass is 16.4. The van der Waals surface area contributed by atoms with Crippen LogP contribution in [0.15, 0.2) is 42.6 Å². The van der Waals surface area contributed by atoms with Gasteiger partial charge in [-0.15, -0.1) is 0 Å². The quantitative estimate of drug-likeness (QED) is 0.757. The molecule has 2 heterocycles. The van der Waals surface area contributed by atoms with Gasteiger partial charge in [0.1, 0.15) is 17.1 Å². The third-order valence-electron chi connectivity index (χ3n) is 3.70. The number of nitrogens with one attached hydrogen (secondary N) is 1. The first-order valence-corrected chi connectivity index (χ1v) is 7.86. The summed E-state index contributed by atoms with van der Waals surface area (Å²) in [5.74, 6) is -0.187. The van der Waals surface area contributed by atoms with Crippen LogP contribution in [0.2, 0.25) is 0 Å². The predicted molar refractivity (Wildman–Crippen MR) is 95.7 cm³/mol. The van der Waals surface area contributed by atoms with Crippen LogP contribution in [0.3, 0.4) is 0 Å². The van der Waals surface area contributed by atoms with E-state index in [2.05, 4.69) is 31.1 Å².